The van der Waals surface area contributed by atoms with Crippen LogP contribution < -0.4 is 4.74 Å². The van der Waals surface area contributed by atoms with Gasteiger partial charge in [0.05, 0.1) is 5.56 Å². The predicted molar refractivity (Wildman–Crippen MR) is 113 cm³/mol. The van der Waals surface area contributed by atoms with E-state index in [0.29, 0.717) is 26.9 Å². The van der Waals surface area contributed by atoms with Crippen molar-refractivity contribution in [3.05, 3.63) is 94.0 Å². The standard InChI is InChI=1S/C21H15Cl2NO3S/c1-28(24-20(25)14-2-6-16(22)7-3-14)19-12-10-18(11-13-19)27-21(26)15-4-8-17(23)9-5-15/h2-13H,1H3. The number of hydrogen-bond donors (Lipinski definition) is 0. The molecule has 0 bridgehead atoms. The summed E-state index contributed by atoms with van der Waals surface area (Å²) >= 11 is 11.6. The molecule has 0 saturated carbocycles. The number of amides is 1. The number of halogens is 2. The van der Waals surface area contributed by atoms with E-state index in [0.717, 1.165) is 4.90 Å². The Morgan fingerprint density at radius 3 is 1.82 bits per heavy atom. The van der Waals surface area contributed by atoms with Gasteiger partial charge in [0.2, 0.25) is 0 Å². The number of benzene rings is 3. The molecule has 0 fully saturated rings. The number of rotatable bonds is 4. The Hall–Kier alpha value is -2.47. The second kappa shape index (κ2) is 9.15. The summed E-state index contributed by atoms with van der Waals surface area (Å²) in [5.41, 5.74) is 0.893. The van der Waals surface area contributed by atoms with Gasteiger partial charge in [0.25, 0.3) is 5.91 Å². The van der Waals surface area contributed by atoms with Crippen LogP contribution in [0.1, 0.15) is 20.7 Å². The largest absolute Gasteiger partial charge is 0.423 e. The molecule has 7 heteroatoms. The minimum atomic E-state index is -0.642. The third-order valence-electron chi connectivity index (χ3n) is 3.77. The van der Waals surface area contributed by atoms with E-state index < -0.39 is 16.7 Å². The highest BCUT2D eigenvalue weighted by atomic mass is 35.5. The number of nitrogens with zero attached hydrogens (tertiary/aromatic N) is 1. The molecule has 0 aliphatic heterocycles. The van der Waals surface area contributed by atoms with E-state index in [-0.39, 0.29) is 5.91 Å². The van der Waals surface area contributed by atoms with Gasteiger partial charge < -0.3 is 4.74 Å². The van der Waals surface area contributed by atoms with E-state index in [1.807, 2.05) is 6.26 Å². The van der Waals surface area contributed by atoms with Gasteiger partial charge in [0, 0.05) is 20.5 Å². The van der Waals surface area contributed by atoms with E-state index in [2.05, 4.69) is 4.36 Å². The third kappa shape index (κ3) is 5.29. The Morgan fingerprint density at radius 2 is 1.29 bits per heavy atom. The summed E-state index contributed by atoms with van der Waals surface area (Å²) in [4.78, 5) is 25.2. The molecule has 0 radical (unpaired) electrons. The molecule has 0 aromatic heterocycles. The van der Waals surface area contributed by atoms with Crippen LogP contribution >= 0.6 is 23.2 Å². The second-order valence-electron chi connectivity index (χ2n) is 5.75. The van der Waals surface area contributed by atoms with Crippen molar-refractivity contribution < 1.29 is 14.3 Å². The summed E-state index contributed by atoms with van der Waals surface area (Å²) in [6, 6.07) is 20.0. The summed E-state index contributed by atoms with van der Waals surface area (Å²) in [7, 11) is -0.642. The first-order valence-electron chi connectivity index (χ1n) is 8.18. The van der Waals surface area contributed by atoms with Crippen LogP contribution in [0.15, 0.2) is 82.1 Å². The Balaban J connectivity index is 1.69. The van der Waals surface area contributed by atoms with E-state index in [9.17, 15) is 9.59 Å². The molecule has 0 heterocycles. The molecule has 0 N–H and O–H groups in total. The molecule has 0 saturated heterocycles. The van der Waals surface area contributed by atoms with Crippen molar-refractivity contribution in [2.24, 2.45) is 4.36 Å². The summed E-state index contributed by atoms with van der Waals surface area (Å²) in [6.07, 6.45) is 1.85. The van der Waals surface area contributed by atoms with Crippen molar-refractivity contribution in [2.75, 3.05) is 6.26 Å². The van der Waals surface area contributed by atoms with Crippen LogP contribution in [0.4, 0.5) is 0 Å². The molecule has 4 nitrogen and oxygen atoms in total. The Bertz CT molecular complexity index is 1030. The fraction of sp³-hybridized carbons (Fsp3) is 0.0476. The number of carbonyl (C=O) groups excluding carboxylic acids is 2. The van der Waals surface area contributed by atoms with Gasteiger partial charge >= 0.3 is 5.97 Å². The van der Waals surface area contributed by atoms with Crippen LogP contribution in [0.5, 0.6) is 5.75 Å². The molecule has 28 heavy (non-hydrogen) atoms. The highest BCUT2D eigenvalue weighted by molar-refractivity contribution is 7.87. The number of carbonyl (C=O) groups is 2. The van der Waals surface area contributed by atoms with Crippen LogP contribution in [-0.4, -0.2) is 18.1 Å². The summed E-state index contributed by atoms with van der Waals surface area (Å²) < 4.78 is 9.57. The molecular weight excluding hydrogens is 417 g/mol. The van der Waals surface area contributed by atoms with Crippen LogP contribution in [0.2, 0.25) is 10.0 Å². The van der Waals surface area contributed by atoms with Gasteiger partial charge in [-0.3, -0.25) is 4.79 Å². The zero-order chi connectivity index (χ0) is 20.1. The first-order chi connectivity index (χ1) is 13.4. The lowest BCUT2D eigenvalue weighted by molar-refractivity contribution is 0.0734. The van der Waals surface area contributed by atoms with Gasteiger partial charge in [0.15, 0.2) is 0 Å². The summed E-state index contributed by atoms with van der Waals surface area (Å²) in [6.45, 7) is 0. The zero-order valence-electron chi connectivity index (χ0n) is 14.8. The van der Waals surface area contributed by atoms with Crippen LogP contribution in [0.3, 0.4) is 0 Å². The first-order valence-corrected chi connectivity index (χ1v) is 10.5. The van der Waals surface area contributed by atoms with E-state index in [1.54, 1.807) is 72.8 Å². The molecule has 0 spiro atoms. The van der Waals surface area contributed by atoms with Gasteiger partial charge in [0.1, 0.15) is 5.75 Å². The van der Waals surface area contributed by atoms with Crippen molar-refractivity contribution in [1.29, 1.82) is 0 Å². The molecule has 3 aromatic rings. The SMILES string of the molecule is CS(=NC(=O)c1ccc(Cl)cc1)c1ccc(OC(=O)c2ccc(Cl)cc2)cc1. The Labute approximate surface area is 175 Å². The average molecular weight is 432 g/mol. The molecule has 1 unspecified atom stereocenters. The lowest BCUT2D eigenvalue weighted by atomic mass is 10.2. The van der Waals surface area contributed by atoms with E-state index in [4.69, 9.17) is 27.9 Å². The second-order valence-corrected chi connectivity index (χ2v) is 8.23. The number of ether oxygens (including phenoxy) is 1. The molecule has 1 atom stereocenters. The maximum atomic E-state index is 12.3. The third-order valence-corrected chi connectivity index (χ3v) is 5.66. The highest BCUT2D eigenvalue weighted by Gasteiger charge is 2.09. The van der Waals surface area contributed by atoms with Crippen molar-refractivity contribution >= 4 is 45.8 Å². The van der Waals surface area contributed by atoms with Gasteiger partial charge in [-0.05, 0) is 79.1 Å². The number of hydrogen-bond acceptors (Lipinski definition) is 3. The van der Waals surface area contributed by atoms with Crippen molar-refractivity contribution in [2.45, 2.75) is 4.90 Å². The van der Waals surface area contributed by atoms with Gasteiger partial charge in [-0.2, -0.15) is 4.36 Å². The molecular formula is C21H15Cl2NO3S. The van der Waals surface area contributed by atoms with Gasteiger partial charge in [-0.1, -0.05) is 33.9 Å². The first kappa shape index (κ1) is 20.3. The van der Waals surface area contributed by atoms with Crippen LogP contribution in [-0.2, 0) is 10.7 Å². The quantitative estimate of drug-likeness (QED) is 0.384. The highest BCUT2D eigenvalue weighted by Crippen LogP contribution is 2.18. The molecule has 3 aromatic carbocycles. The van der Waals surface area contributed by atoms with Crippen molar-refractivity contribution in [3.63, 3.8) is 0 Å². The minimum absolute atomic E-state index is 0.305. The van der Waals surface area contributed by atoms with Crippen molar-refractivity contribution in [3.8, 4) is 5.75 Å². The summed E-state index contributed by atoms with van der Waals surface area (Å²) in [5, 5.41) is 1.11. The van der Waals surface area contributed by atoms with Gasteiger partial charge in [-0.15, -0.1) is 0 Å². The van der Waals surface area contributed by atoms with Crippen LogP contribution in [0, 0.1) is 0 Å². The smallest absolute Gasteiger partial charge is 0.343 e. The average Bonchev–Trinajstić information content (AvgIpc) is 2.69. The minimum Gasteiger partial charge on any atom is -0.423 e. The normalized spacial score (nSPS) is 11.8. The predicted octanol–water partition coefficient (Wildman–Crippen LogP) is 5.84. The molecule has 0 aliphatic carbocycles. The molecule has 3 rings (SSSR count). The molecule has 0 aliphatic rings. The Kier molecular flexibility index (Phi) is 6.62. The van der Waals surface area contributed by atoms with Crippen molar-refractivity contribution in [1.82, 2.24) is 0 Å². The monoisotopic (exact) mass is 431 g/mol. The Morgan fingerprint density at radius 1 is 0.786 bits per heavy atom. The van der Waals surface area contributed by atoms with Gasteiger partial charge in [-0.25, -0.2) is 4.79 Å². The fourth-order valence-electron chi connectivity index (χ4n) is 2.28. The molecule has 142 valence electrons. The maximum absolute atomic E-state index is 12.3. The van der Waals surface area contributed by atoms with Crippen LogP contribution in [0.25, 0.3) is 0 Å². The maximum Gasteiger partial charge on any atom is 0.343 e. The lowest BCUT2D eigenvalue weighted by Crippen LogP contribution is -2.08. The molecule has 1 amide bonds. The summed E-state index contributed by atoms with van der Waals surface area (Å²) in [5.74, 6) is -0.368. The zero-order valence-corrected chi connectivity index (χ0v) is 17.1. The fourth-order valence-corrected chi connectivity index (χ4v) is 3.52. The number of esters is 1. The van der Waals surface area contributed by atoms with E-state index in [1.165, 1.54) is 0 Å². The topological polar surface area (TPSA) is 55.7 Å². The van der Waals surface area contributed by atoms with E-state index >= 15 is 0 Å². The lowest BCUT2D eigenvalue weighted by Gasteiger charge is -2.06.